The number of hydrogen-bond acceptors (Lipinski definition) is 5. The fourth-order valence-corrected chi connectivity index (χ4v) is 1.90. The molecule has 2 atom stereocenters. The number of aliphatic carboxylic acids is 1. The largest absolute Gasteiger partial charge is 0.488 e. The van der Waals surface area contributed by atoms with Crippen molar-refractivity contribution in [3.8, 4) is 0 Å². The highest BCUT2D eigenvalue weighted by molar-refractivity contribution is 7.48. The van der Waals surface area contributed by atoms with Crippen LogP contribution in [0.5, 0.6) is 0 Å². The van der Waals surface area contributed by atoms with E-state index in [1.54, 1.807) is 13.8 Å². The summed E-state index contributed by atoms with van der Waals surface area (Å²) in [4.78, 5) is 18.9. The zero-order valence-corrected chi connectivity index (χ0v) is 13.3. The molecule has 0 aliphatic heterocycles. The van der Waals surface area contributed by atoms with Crippen LogP contribution in [0.4, 0.5) is 0 Å². The van der Waals surface area contributed by atoms with Crippen molar-refractivity contribution in [2.75, 3.05) is 0 Å². The number of carboxylic acids is 1. The Morgan fingerprint density at radius 3 is 2.24 bits per heavy atom. The van der Waals surface area contributed by atoms with Crippen LogP contribution in [0, 0.1) is 0 Å². The topological polar surface area (TPSA) is 119 Å². The van der Waals surface area contributed by atoms with Gasteiger partial charge in [0.15, 0.2) is 0 Å². The minimum Gasteiger partial charge on any atom is -0.480 e. The molecule has 0 spiro atoms. The van der Waals surface area contributed by atoms with Crippen LogP contribution >= 0.6 is 19.7 Å². The zero-order valence-electron chi connectivity index (χ0n) is 11.7. The molecule has 0 saturated heterocycles. The van der Waals surface area contributed by atoms with Crippen molar-refractivity contribution in [3.05, 3.63) is 35.9 Å². The van der Waals surface area contributed by atoms with Crippen LogP contribution in [0.2, 0.25) is 0 Å². The molecule has 1 rings (SSSR count). The Morgan fingerprint density at radius 2 is 1.90 bits per heavy atom. The first kappa shape index (κ1) is 20.1. The van der Waals surface area contributed by atoms with Gasteiger partial charge in [-0.15, -0.1) is 0 Å². The summed E-state index contributed by atoms with van der Waals surface area (Å²) >= 11 is 4.60. The van der Waals surface area contributed by atoms with Crippen molar-refractivity contribution in [2.45, 2.75) is 32.4 Å². The Bertz CT molecular complexity index is 470. The molecule has 0 bridgehead atoms. The van der Waals surface area contributed by atoms with Gasteiger partial charge in [0, 0.05) is 0 Å². The van der Waals surface area contributed by atoms with Gasteiger partial charge in [-0.25, -0.2) is 4.57 Å². The molecule has 0 aliphatic carbocycles. The van der Waals surface area contributed by atoms with Crippen LogP contribution in [0.15, 0.2) is 30.3 Å². The molecule has 120 valence electrons. The number of nitrogens with two attached hydrogens (primary N) is 1. The molecule has 0 heterocycles. The molecule has 0 saturated carbocycles. The van der Waals surface area contributed by atoms with E-state index >= 15 is 0 Å². The Balaban J connectivity index is 0.000000400. The van der Waals surface area contributed by atoms with Crippen LogP contribution in [-0.4, -0.2) is 28.1 Å². The first-order chi connectivity index (χ1) is 9.68. The van der Waals surface area contributed by atoms with Crippen molar-refractivity contribution in [3.63, 3.8) is 0 Å². The standard InChI is InChI=1S/C9H11NO2.C3H8ClO4P/c10-8(9(11)12)6-7-4-2-1-3-5-7;1-3(2)7-9(5,6)8-4/h1-5,8H,6,10H2,(H,11,12);3H,1-2H3,(H,5,6). The van der Waals surface area contributed by atoms with E-state index in [4.69, 9.17) is 15.7 Å². The third kappa shape index (κ3) is 10.4. The third-order valence-corrected chi connectivity index (χ3v) is 3.43. The van der Waals surface area contributed by atoms with Crippen LogP contribution in [-0.2, 0) is 24.4 Å². The van der Waals surface area contributed by atoms with E-state index in [9.17, 15) is 9.36 Å². The van der Waals surface area contributed by atoms with Gasteiger partial charge < -0.3 is 15.7 Å². The lowest BCUT2D eigenvalue weighted by atomic mass is 10.1. The van der Waals surface area contributed by atoms with Gasteiger partial charge in [-0.3, -0.25) is 9.32 Å². The quantitative estimate of drug-likeness (QED) is 0.680. The molecule has 21 heavy (non-hydrogen) atoms. The molecular formula is C12H19ClNO6P. The predicted molar refractivity (Wildman–Crippen MR) is 78.7 cm³/mol. The van der Waals surface area contributed by atoms with Crippen molar-refractivity contribution in [2.24, 2.45) is 5.73 Å². The lowest BCUT2D eigenvalue weighted by molar-refractivity contribution is -0.138. The van der Waals surface area contributed by atoms with Crippen molar-refractivity contribution < 1.29 is 28.0 Å². The van der Waals surface area contributed by atoms with Gasteiger partial charge in [0.25, 0.3) is 0 Å². The molecule has 0 fully saturated rings. The maximum absolute atomic E-state index is 10.4. The Hall–Kier alpha value is -0.950. The molecular weight excluding hydrogens is 321 g/mol. The SMILES string of the molecule is CC(C)OP(=O)(O)OCl.NC(Cc1ccccc1)C(=O)O. The minimum absolute atomic E-state index is 0.375. The second-order valence-corrected chi connectivity index (χ2v) is 6.03. The number of rotatable bonds is 6. The average molecular weight is 340 g/mol. The molecule has 9 heteroatoms. The van der Waals surface area contributed by atoms with Crippen LogP contribution in [0.25, 0.3) is 0 Å². The smallest absolute Gasteiger partial charge is 0.480 e. The maximum atomic E-state index is 10.4. The summed E-state index contributed by atoms with van der Waals surface area (Å²) in [6.45, 7) is 3.19. The van der Waals surface area contributed by atoms with E-state index in [1.165, 1.54) is 0 Å². The van der Waals surface area contributed by atoms with Gasteiger partial charge in [-0.05, 0) is 25.8 Å². The highest BCUT2D eigenvalue weighted by Crippen LogP contribution is 2.45. The number of benzene rings is 1. The van der Waals surface area contributed by atoms with E-state index in [0.29, 0.717) is 6.42 Å². The second kappa shape index (κ2) is 9.89. The minimum atomic E-state index is -3.96. The number of phosphoric acid groups is 1. The lowest BCUT2D eigenvalue weighted by Crippen LogP contribution is -2.32. The average Bonchev–Trinajstić information content (AvgIpc) is 2.39. The second-order valence-electron chi connectivity index (χ2n) is 4.33. The molecule has 4 N–H and O–H groups in total. The molecule has 0 aliphatic rings. The number of halogens is 1. The maximum Gasteiger partial charge on any atom is 0.488 e. The zero-order chi connectivity index (χ0) is 16.5. The molecule has 0 aromatic heterocycles. The van der Waals surface area contributed by atoms with Crippen molar-refractivity contribution >= 4 is 25.7 Å². The lowest BCUT2D eigenvalue weighted by Gasteiger charge is -2.08. The van der Waals surface area contributed by atoms with Crippen LogP contribution in [0.1, 0.15) is 19.4 Å². The fraction of sp³-hybridized carbons (Fsp3) is 0.417. The Morgan fingerprint density at radius 1 is 1.38 bits per heavy atom. The normalized spacial score (nSPS) is 14.8. The number of carbonyl (C=O) groups is 1. The molecule has 0 amide bonds. The summed E-state index contributed by atoms with van der Waals surface area (Å²) in [7, 11) is -3.96. The summed E-state index contributed by atoms with van der Waals surface area (Å²) in [5.74, 6) is -0.959. The number of hydrogen-bond donors (Lipinski definition) is 3. The molecule has 7 nitrogen and oxygen atoms in total. The highest BCUT2D eigenvalue weighted by Gasteiger charge is 2.21. The van der Waals surface area contributed by atoms with Crippen LogP contribution in [0.3, 0.4) is 0 Å². The fourth-order valence-electron chi connectivity index (χ4n) is 1.24. The summed E-state index contributed by atoms with van der Waals surface area (Å²) in [6.07, 6.45) is 0.00971. The molecule has 2 unspecified atom stereocenters. The van der Waals surface area contributed by atoms with E-state index < -0.39 is 19.8 Å². The van der Waals surface area contributed by atoms with E-state index in [0.717, 1.165) is 5.56 Å². The summed E-state index contributed by atoms with van der Waals surface area (Å²) < 4.78 is 18.3. The highest BCUT2D eigenvalue weighted by atomic mass is 35.5. The van der Waals surface area contributed by atoms with Gasteiger partial charge in [0.2, 0.25) is 0 Å². The third-order valence-electron chi connectivity index (χ3n) is 2.05. The number of phosphoric ester groups is 1. The summed E-state index contributed by atoms with van der Waals surface area (Å²) in [5, 5.41) is 8.52. The Labute approximate surface area is 128 Å². The monoisotopic (exact) mass is 339 g/mol. The Kier molecular flexibility index (Phi) is 9.44. The number of carboxylic acid groups (broad SMARTS) is 1. The van der Waals surface area contributed by atoms with Gasteiger partial charge in [-0.2, -0.15) is 4.08 Å². The van der Waals surface area contributed by atoms with E-state index in [2.05, 4.69) is 20.5 Å². The summed E-state index contributed by atoms with van der Waals surface area (Å²) in [6, 6.07) is 8.54. The van der Waals surface area contributed by atoms with Gasteiger partial charge in [0.05, 0.1) is 18.0 Å². The van der Waals surface area contributed by atoms with Crippen molar-refractivity contribution in [1.29, 1.82) is 0 Å². The van der Waals surface area contributed by atoms with Gasteiger partial charge in [0.1, 0.15) is 6.04 Å². The predicted octanol–water partition coefficient (Wildman–Crippen LogP) is 2.32. The van der Waals surface area contributed by atoms with E-state index in [1.807, 2.05) is 30.3 Å². The van der Waals surface area contributed by atoms with Gasteiger partial charge in [-0.1, -0.05) is 30.3 Å². The molecule has 1 aromatic carbocycles. The van der Waals surface area contributed by atoms with E-state index in [-0.39, 0.29) is 6.10 Å². The van der Waals surface area contributed by atoms with Gasteiger partial charge >= 0.3 is 13.8 Å². The molecule has 0 radical (unpaired) electrons. The first-order valence-electron chi connectivity index (χ1n) is 6.01. The first-order valence-corrected chi connectivity index (χ1v) is 7.82. The summed E-state index contributed by atoms with van der Waals surface area (Å²) in [5.41, 5.74) is 6.30. The molecule has 1 aromatic rings. The van der Waals surface area contributed by atoms with Crippen LogP contribution < -0.4 is 5.73 Å². The van der Waals surface area contributed by atoms with Crippen molar-refractivity contribution in [1.82, 2.24) is 0 Å².